The van der Waals surface area contributed by atoms with Crippen molar-refractivity contribution in [1.82, 2.24) is 4.98 Å². The fourth-order valence-corrected chi connectivity index (χ4v) is 5.35. The highest BCUT2D eigenvalue weighted by molar-refractivity contribution is 7.89. The molecule has 0 fully saturated rings. The molecule has 1 unspecified atom stereocenters. The van der Waals surface area contributed by atoms with Crippen LogP contribution in [0.25, 0.3) is 10.2 Å². The van der Waals surface area contributed by atoms with Crippen molar-refractivity contribution in [2.24, 2.45) is 10.2 Å². The third-order valence-corrected chi connectivity index (χ3v) is 7.32. The quantitative estimate of drug-likeness (QED) is 0.458. The van der Waals surface area contributed by atoms with E-state index in [0.29, 0.717) is 22.1 Å². The van der Waals surface area contributed by atoms with Crippen LogP contribution < -0.4 is 10.1 Å². The zero-order chi connectivity index (χ0) is 21.6. The van der Waals surface area contributed by atoms with Crippen molar-refractivity contribution >= 4 is 54.0 Å². The van der Waals surface area contributed by atoms with Crippen molar-refractivity contribution < 1.29 is 8.42 Å². The van der Waals surface area contributed by atoms with Gasteiger partial charge in [-0.1, -0.05) is 65.4 Å². The number of nitrogens with zero attached hydrogens (tertiary/aromatic N) is 3. The molecule has 1 aliphatic rings. The molecular formula is C22H17ClN4O2S2. The van der Waals surface area contributed by atoms with E-state index in [1.807, 2.05) is 47.5 Å². The molecule has 0 aliphatic carbocycles. The van der Waals surface area contributed by atoms with Gasteiger partial charge < -0.3 is 0 Å². The zero-order valence-corrected chi connectivity index (χ0v) is 18.5. The summed E-state index contributed by atoms with van der Waals surface area (Å²) in [5.41, 5.74) is 3.77. The van der Waals surface area contributed by atoms with Gasteiger partial charge in [0.05, 0.1) is 26.9 Å². The number of fused-ring (bicyclic) bond motifs is 1. The number of thiazole rings is 1. The first kappa shape index (κ1) is 20.1. The van der Waals surface area contributed by atoms with Crippen molar-refractivity contribution in [3.8, 4) is 0 Å². The molecule has 3 aromatic carbocycles. The number of hydrazone groups is 1. The molecule has 1 atom stereocenters. The summed E-state index contributed by atoms with van der Waals surface area (Å²) in [4.78, 5) is 4.79. The number of hydrogen-bond donors (Lipinski definition) is 1. The predicted molar refractivity (Wildman–Crippen MR) is 125 cm³/mol. The molecule has 0 bridgehead atoms. The topological polar surface area (TPSA) is 88.7 Å². The average Bonchev–Trinajstić information content (AvgIpc) is 3.38. The van der Waals surface area contributed by atoms with Gasteiger partial charge in [-0.05, 0) is 41.5 Å². The van der Waals surface area contributed by atoms with Crippen molar-refractivity contribution in [2.45, 2.75) is 17.4 Å². The van der Waals surface area contributed by atoms with E-state index in [1.165, 1.54) is 17.4 Å². The van der Waals surface area contributed by atoms with Crippen LogP contribution in [-0.4, -0.2) is 19.1 Å². The van der Waals surface area contributed by atoms with Gasteiger partial charge in [-0.2, -0.15) is 5.10 Å². The number of primary sulfonamides is 1. The lowest BCUT2D eigenvalue weighted by atomic mass is 9.99. The summed E-state index contributed by atoms with van der Waals surface area (Å²) >= 11 is 7.44. The lowest BCUT2D eigenvalue weighted by Gasteiger charge is -2.21. The van der Waals surface area contributed by atoms with Crippen molar-refractivity contribution in [2.75, 3.05) is 5.01 Å². The van der Waals surface area contributed by atoms with Crippen molar-refractivity contribution in [1.29, 1.82) is 0 Å². The van der Waals surface area contributed by atoms with Gasteiger partial charge in [-0.3, -0.25) is 0 Å². The number of sulfonamides is 1. The van der Waals surface area contributed by atoms with Gasteiger partial charge in [0.1, 0.15) is 0 Å². The summed E-state index contributed by atoms with van der Waals surface area (Å²) in [7, 11) is -3.78. The Labute approximate surface area is 188 Å². The maximum atomic E-state index is 11.7. The maximum Gasteiger partial charge on any atom is 0.238 e. The lowest BCUT2D eigenvalue weighted by Crippen LogP contribution is -2.18. The molecule has 5 rings (SSSR count). The Bertz CT molecular complexity index is 1400. The number of hydrogen-bond acceptors (Lipinski definition) is 6. The molecule has 4 aromatic rings. The fraction of sp³-hybridized carbons (Fsp3) is 0.0909. The van der Waals surface area contributed by atoms with Gasteiger partial charge >= 0.3 is 0 Å². The largest absolute Gasteiger partial charge is 0.238 e. The SMILES string of the molecule is NS(=O)(=O)c1ccc2nc(N3N=C(c4ccc(Cl)cc4)CC3c3ccccc3)sc2c1. The molecule has 1 aliphatic heterocycles. The number of rotatable bonds is 4. The van der Waals surface area contributed by atoms with Crippen LogP contribution in [0.15, 0.2) is 82.8 Å². The molecule has 156 valence electrons. The van der Waals surface area contributed by atoms with Gasteiger partial charge in [0.25, 0.3) is 0 Å². The van der Waals surface area contributed by atoms with Crippen LogP contribution in [0.5, 0.6) is 0 Å². The Hall–Kier alpha value is -2.78. The molecule has 0 spiro atoms. The Morgan fingerprint density at radius 1 is 1.03 bits per heavy atom. The first-order valence-corrected chi connectivity index (χ1v) is 12.2. The minimum atomic E-state index is -3.78. The van der Waals surface area contributed by atoms with E-state index in [-0.39, 0.29) is 10.9 Å². The van der Waals surface area contributed by atoms with Gasteiger partial charge in [0.15, 0.2) is 0 Å². The van der Waals surface area contributed by atoms with E-state index in [0.717, 1.165) is 21.5 Å². The van der Waals surface area contributed by atoms with E-state index in [1.54, 1.807) is 12.1 Å². The summed E-state index contributed by atoms with van der Waals surface area (Å²) in [6.07, 6.45) is 0.712. The van der Waals surface area contributed by atoms with Crippen LogP contribution in [0, 0.1) is 0 Å². The van der Waals surface area contributed by atoms with Crippen molar-refractivity contribution in [3.05, 3.63) is 88.9 Å². The molecule has 6 nitrogen and oxygen atoms in total. The minimum Gasteiger partial charge on any atom is -0.231 e. The summed E-state index contributed by atoms with van der Waals surface area (Å²) in [5, 5.41) is 13.5. The highest BCUT2D eigenvalue weighted by Gasteiger charge is 2.31. The fourth-order valence-electron chi connectivity index (χ4n) is 3.61. The van der Waals surface area contributed by atoms with Gasteiger partial charge in [0.2, 0.25) is 15.2 Å². The van der Waals surface area contributed by atoms with E-state index in [2.05, 4.69) is 12.1 Å². The molecular weight excluding hydrogens is 452 g/mol. The molecule has 0 amide bonds. The summed E-state index contributed by atoms with van der Waals surface area (Å²) in [6.45, 7) is 0. The van der Waals surface area contributed by atoms with Crippen LogP contribution in [0.1, 0.15) is 23.6 Å². The molecule has 1 aromatic heterocycles. The number of benzene rings is 3. The van der Waals surface area contributed by atoms with Gasteiger partial charge in [-0.25, -0.2) is 23.5 Å². The number of halogens is 1. The van der Waals surface area contributed by atoms with Crippen LogP contribution in [0.3, 0.4) is 0 Å². The molecule has 0 saturated carbocycles. The smallest absolute Gasteiger partial charge is 0.231 e. The second-order valence-electron chi connectivity index (χ2n) is 7.20. The lowest BCUT2D eigenvalue weighted by molar-refractivity contribution is 0.598. The molecule has 0 radical (unpaired) electrons. The van der Waals surface area contributed by atoms with Crippen LogP contribution in [0.2, 0.25) is 5.02 Å². The number of nitrogens with two attached hydrogens (primary N) is 1. The molecule has 2 heterocycles. The van der Waals surface area contributed by atoms with Gasteiger partial charge in [-0.15, -0.1) is 0 Å². The van der Waals surface area contributed by atoms with Crippen molar-refractivity contribution in [3.63, 3.8) is 0 Å². The Kier molecular flexibility index (Phi) is 5.02. The molecule has 2 N–H and O–H groups in total. The monoisotopic (exact) mass is 468 g/mol. The summed E-state index contributed by atoms with van der Waals surface area (Å²) in [5.74, 6) is 0. The predicted octanol–water partition coefficient (Wildman–Crippen LogP) is 4.95. The summed E-state index contributed by atoms with van der Waals surface area (Å²) in [6, 6.07) is 22.5. The number of anilines is 1. The Balaban J connectivity index is 1.60. The second kappa shape index (κ2) is 7.72. The normalized spacial score (nSPS) is 16.6. The standard InChI is InChI=1S/C22H17ClN4O2S2/c23-16-8-6-14(7-9-16)19-13-20(15-4-2-1-3-5-15)27(26-19)22-25-18-11-10-17(31(24,28)29)12-21(18)30-22/h1-12,20H,13H2,(H2,24,28,29). The van der Waals surface area contributed by atoms with Crippen LogP contribution >= 0.6 is 22.9 Å². The van der Waals surface area contributed by atoms with Crippen LogP contribution in [-0.2, 0) is 10.0 Å². The van der Waals surface area contributed by atoms with E-state index >= 15 is 0 Å². The summed E-state index contributed by atoms with van der Waals surface area (Å²) < 4.78 is 24.2. The third kappa shape index (κ3) is 3.95. The third-order valence-electron chi connectivity index (χ3n) is 5.15. The van der Waals surface area contributed by atoms with Crippen LogP contribution in [0.4, 0.5) is 5.13 Å². The Morgan fingerprint density at radius 2 is 1.77 bits per heavy atom. The first-order valence-electron chi connectivity index (χ1n) is 9.49. The molecule has 31 heavy (non-hydrogen) atoms. The van der Waals surface area contributed by atoms with E-state index in [4.69, 9.17) is 26.8 Å². The Morgan fingerprint density at radius 3 is 2.48 bits per heavy atom. The minimum absolute atomic E-state index is 0.0230. The maximum absolute atomic E-state index is 11.7. The second-order valence-corrected chi connectivity index (χ2v) is 10.2. The molecule has 0 saturated heterocycles. The number of aromatic nitrogens is 1. The average molecular weight is 469 g/mol. The van der Waals surface area contributed by atoms with Gasteiger partial charge in [0, 0.05) is 11.4 Å². The highest BCUT2D eigenvalue weighted by atomic mass is 35.5. The van der Waals surface area contributed by atoms with E-state index in [9.17, 15) is 8.42 Å². The van der Waals surface area contributed by atoms with E-state index < -0.39 is 10.0 Å². The highest BCUT2D eigenvalue weighted by Crippen LogP contribution is 2.40. The zero-order valence-electron chi connectivity index (χ0n) is 16.1. The first-order chi connectivity index (χ1) is 14.9. The molecule has 9 heteroatoms.